The maximum Gasteiger partial charge on any atom is 0.220 e. The summed E-state index contributed by atoms with van der Waals surface area (Å²) < 4.78 is 0. The molecule has 0 aromatic carbocycles. The second-order valence-electron chi connectivity index (χ2n) is 4.31. The molecule has 0 rings (SSSR count). The number of rotatable bonds is 6. The lowest BCUT2D eigenvalue weighted by molar-refractivity contribution is -0.121. The molecule has 0 spiro atoms. The van der Waals surface area contributed by atoms with Gasteiger partial charge in [0, 0.05) is 18.3 Å². The van der Waals surface area contributed by atoms with Crippen LogP contribution in [0.15, 0.2) is 0 Å². The van der Waals surface area contributed by atoms with Crippen LogP contribution in [0.1, 0.15) is 33.6 Å². The first-order valence-corrected chi connectivity index (χ1v) is 6.04. The van der Waals surface area contributed by atoms with Gasteiger partial charge in [0.15, 0.2) is 0 Å². The van der Waals surface area contributed by atoms with Gasteiger partial charge < -0.3 is 10.4 Å². The molecule has 2 N–H and O–H groups in total. The van der Waals surface area contributed by atoms with Crippen molar-refractivity contribution < 1.29 is 9.90 Å². The van der Waals surface area contributed by atoms with Crippen molar-refractivity contribution in [3.8, 4) is 0 Å². The van der Waals surface area contributed by atoms with Gasteiger partial charge in [-0.25, -0.2) is 0 Å². The van der Waals surface area contributed by atoms with Crippen molar-refractivity contribution in [2.24, 2.45) is 5.92 Å². The highest BCUT2D eigenvalue weighted by Gasteiger charge is 2.22. The lowest BCUT2D eigenvalue weighted by atomic mass is 9.94. The fourth-order valence-corrected chi connectivity index (χ4v) is 1.77. The Morgan fingerprint density at radius 1 is 1.57 bits per heavy atom. The van der Waals surface area contributed by atoms with Gasteiger partial charge in [-0.2, -0.15) is 0 Å². The molecule has 0 bridgehead atoms. The highest BCUT2D eigenvalue weighted by Crippen LogP contribution is 2.14. The molecule has 0 heterocycles. The van der Waals surface area contributed by atoms with Gasteiger partial charge in [-0.1, -0.05) is 29.8 Å². The zero-order valence-electron chi connectivity index (χ0n) is 9.14. The molecule has 3 nitrogen and oxygen atoms in total. The molecule has 1 atom stereocenters. The Hall–Kier alpha value is -0.0900. The summed E-state index contributed by atoms with van der Waals surface area (Å²) in [5.41, 5.74) is -0.795. The molecule has 1 amide bonds. The fourth-order valence-electron chi connectivity index (χ4n) is 1.41. The lowest BCUT2D eigenvalue weighted by Gasteiger charge is -2.25. The van der Waals surface area contributed by atoms with E-state index in [4.69, 9.17) is 0 Å². The van der Waals surface area contributed by atoms with Gasteiger partial charge in [0.2, 0.25) is 5.91 Å². The summed E-state index contributed by atoms with van der Waals surface area (Å²) >= 11 is 3.19. The molecule has 0 aliphatic carbocycles. The molecule has 0 aromatic rings. The Morgan fingerprint density at radius 3 is 2.57 bits per heavy atom. The first kappa shape index (κ1) is 13.9. The summed E-state index contributed by atoms with van der Waals surface area (Å²) in [6.45, 7) is 6.18. The lowest BCUT2D eigenvalue weighted by Crippen LogP contribution is -2.41. The van der Waals surface area contributed by atoms with Crippen molar-refractivity contribution in [1.82, 2.24) is 5.32 Å². The Bertz CT molecular complexity index is 181. The van der Waals surface area contributed by atoms with Crippen LogP contribution in [0.25, 0.3) is 0 Å². The molecule has 0 radical (unpaired) electrons. The summed E-state index contributed by atoms with van der Waals surface area (Å²) in [4.78, 5) is 11.1. The molecular weight excluding hydrogens is 246 g/mol. The van der Waals surface area contributed by atoms with Gasteiger partial charge in [0.05, 0.1) is 5.60 Å². The normalized spacial score (nSPS) is 15.3. The number of halogens is 1. The third-order valence-corrected chi connectivity index (χ3v) is 2.23. The van der Waals surface area contributed by atoms with Gasteiger partial charge in [0.1, 0.15) is 0 Å². The standard InChI is InChI=1S/C10H20BrNO2/c1-8(2)6-10(3,14)7-12-9(13)4-5-11/h8,14H,4-7H2,1-3H3,(H,12,13). The molecule has 4 heteroatoms. The van der Waals surface area contributed by atoms with Crippen LogP contribution in [0.2, 0.25) is 0 Å². The molecule has 1 unspecified atom stereocenters. The van der Waals surface area contributed by atoms with Crippen LogP contribution < -0.4 is 5.32 Å². The summed E-state index contributed by atoms with van der Waals surface area (Å²) in [5.74, 6) is 0.406. The van der Waals surface area contributed by atoms with E-state index in [2.05, 4.69) is 35.1 Å². The monoisotopic (exact) mass is 265 g/mol. The molecule has 14 heavy (non-hydrogen) atoms. The van der Waals surface area contributed by atoms with Gasteiger partial charge >= 0.3 is 0 Å². The smallest absolute Gasteiger partial charge is 0.220 e. The summed E-state index contributed by atoms with van der Waals surface area (Å²) in [5, 5.41) is 13.2. The number of hydrogen-bond acceptors (Lipinski definition) is 2. The zero-order chi connectivity index (χ0) is 11.2. The van der Waals surface area contributed by atoms with Crippen LogP contribution in [0, 0.1) is 5.92 Å². The first-order valence-electron chi connectivity index (χ1n) is 4.92. The van der Waals surface area contributed by atoms with E-state index in [1.165, 1.54) is 0 Å². The van der Waals surface area contributed by atoms with Gasteiger partial charge in [-0.3, -0.25) is 4.79 Å². The molecule has 0 aliphatic heterocycles. The van der Waals surface area contributed by atoms with E-state index >= 15 is 0 Å². The number of alkyl halides is 1. The minimum Gasteiger partial charge on any atom is -0.388 e. The topological polar surface area (TPSA) is 49.3 Å². The number of nitrogens with one attached hydrogen (secondary N) is 1. The molecule has 0 fully saturated rings. The van der Waals surface area contributed by atoms with Crippen LogP contribution >= 0.6 is 15.9 Å². The van der Waals surface area contributed by atoms with Crippen molar-refractivity contribution in [2.45, 2.75) is 39.2 Å². The number of hydrogen-bond donors (Lipinski definition) is 2. The summed E-state index contributed by atoms with van der Waals surface area (Å²) in [6, 6.07) is 0. The number of carbonyl (C=O) groups is 1. The van der Waals surface area contributed by atoms with Crippen molar-refractivity contribution in [3.63, 3.8) is 0 Å². The fraction of sp³-hybridized carbons (Fsp3) is 0.900. The molecule has 84 valence electrons. The van der Waals surface area contributed by atoms with Crippen LogP contribution in [-0.4, -0.2) is 28.5 Å². The maximum atomic E-state index is 11.1. The van der Waals surface area contributed by atoms with E-state index in [1.54, 1.807) is 6.92 Å². The van der Waals surface area contributed by atoms with E-state index in [0.717, 1.165) is 0 Å². The Morgan fingerprint density at radius 2 is 2.14 bits per heavy atom. The largest absolute Gasteiger partial charge is 0.388 e. The highest BCUT2D eigenvalue weighted by atomic mass is 79.9. The summed E-state index contributed by atoms with van der Waals surface area (Å²) in [7, 11) is 0. The van der Waals surface area contributed by atoms with Crippen molar-refractivity contribution in [1.29, 1.82) is 0 Å². The quantitative estimate of drug-likeness (QED) is 0.719. The minimum absolute atomic E-state index is 0.0223. The van der Waals surface area contributed by atoms with Crippen LogP contribution in [0.4, 0.5) is 0 Å². The average molecular weight is 266 g/mol. The number of carbonyl (C=O) groups excluding carboxylic acids is 1. The zero-order valence-corrected chi connectivity index (χ0v) is 10.7. The van der Waals surface area contributed by atoms with Crippen molar-refractivity contribution in [2.75, 3.05) is 11.9 Å². The second kappa shape index (κ2) is 6.40. The van der Waals surface area contributed by atoms with E-state index in [-0.39, 0.29) is 5.91 Å². The molecule has 0 saturated carbocycles. The van der Waals surface area contributed by atoms with Crippen LogP contribution in [0.3, 0.4) is 0 Å². The average Bonchev–Trinajstić information content (AvgIpc) is 1.99. The van der Waals surface area contributed by atoms with E-state index in [9.17, 15) is 9.90 Å². The van der Waals surface area contributed by atoms with Gasteiger partial charge in [0.25, 0.3) is 0 Å². The maximum absolute atomic E-state index is 11.1. The SMILES string of the molecule is CC(C)CC(C)(O)CNC(=O)CCBr. The Labute approximate surface area is 94.4 Å². The van der Waals surface area contributed by atoms with Crippen LogP contribution in [-0.2, 0) is 4.79 Å². The molecular formula is C10H20BrNO2. The predicted molar refractivity (Wildman–Crippen MR) is 61.5 cm³/mol. The minimum atomic E-state index is -0.795. The first-order chi connectivity index (χ1) is 6.37. The third-order valence-electron chi connectivity index (χ3n) is 1.84. The Kier molecular flexibility index (Phi) is 6.36. The van der Waals surface area contributed by atoms with Gasteiger partial charge in [-0.15, -0.1) is 0 Å². The van der Waals surface area contributed by atoms with Crippen molar-refractivity contribution >= 4 is 21.8 Å². The predicted octanol–water partition coefficient (Wildman–Crippen LogP) is 1.68. The summed E-state index contributed by atoms with van der Waals surface area (Å²) in [6.07, 6.45) is 1.15. The van der Waals surface area contributed by atoms with Crippen LogP contribution in [0.5, 0.6) is 0 Å². The van der Waals surface area contributed by atoms with Gasteiger partial charge in [-0.05, 0) is 19.3 Å². The van der Waals surface area contributed by atoms with E-state index < -0.39 is 5.60 Å². The van der Waals surface area contributed by atoms with E-state index in [1.807, 2.05) is 0 Å². The third kappa shape index (κ3) is 7.33. The van der Waals surface area contributed by atoms with E-state index in [0.29, 0.717) is 30.6 Å². The second-order valence-corrected chi connectivity index (χ2v) is 5.10. The van der Waals surface area contributed by atoms with Crippen molar-refractivity contribution in [3.05, 3.63) is 0 Å². The number of amides is 1. The highest BCUT2D eigenvalue weighted by molar-refractivity contribution is 9.09. The number of aliphatic hydroxyl groups is 1. The molecule has 0 saturated heterocycles. The molecule has 0 aliphatic rings. The Balaban J connectivity index is 3.80. The molecule has 0 aromatic heterocycles.